The summed E-state index contributed by atoms with van der Waals surface area (Å²) in [4.78, 5) is 25.1. The second kappa shape index (κ2) is 5.42. The molecule has 114 valence electrons. The van der Waals surface area contributed by atoms with Crippen molar-refractivity contribution in [3.05, 3.63) is 34.9 Å². The van der Waals surface area contributed by atoms with Crippen molar-refractivity contribution in [1.82, 2.24) is 4.90 Å². The zero-order chi connectivity index (χ0) is 15.8. The first-order valence-electron chi connectivity index (χ1n) is 6.73. The molecule has 1 saturated heterocycles. The number of carboxylic acid groups (broad SMARTS) is 1. The number of hydrogen-bond acceptors (Lipinski definition) is 2. The summed E-state index contributed by atoms with van der Waals surface area (Å²) in [6, 6.07) is 1.22. The lowest BCUT2D eigenvalue weighted by Gasteiger charge is -2.38. The SMILES string of the molecule is CC1(C)CCCN(C(=O)c2cc(F)c(F)cc2C(=O)O)C1. The van der Waals surface area contributed by atoms with Gasteiger partial charge in [-0.05, 0) is 30.4 Å². The lowest BCUT2D eigenvalue weighted by molar-refractivity contribution is 0.0570. The highest BCUT2D eigenvalue weighted by Gasteiger charge is 2.31. The van der Waals surface area contributed by atoms with Crippen LogP contribution in [0, 0.1) is 17.0 Å². The average molecular weight is 297 g/mol. The Balaban J connectivity index is 2.39. The molecule has 0 saturated carbocycles. The van der Waals surface area contributed by atoms with Gasteiger partial charge in [0.1, 0.15) is 0 Å². The second-order valence-corrected chi connectivity index (χ2v) is 6.11. The van der Waals surface area contributed by atoms with Gasteiger partial charge >= 0.3 is 5.97 Å². The molecule has 21 heavy (non-hydrogen) atoms. The highest BCUT2D eigenvalue weighted by Crippen LogP contribution is 2.30. The summed E-state index contributed by atoms with van der Waals surface area (Å²) in [7, 11) is 0. The third-order valence-corrected chi connectivity index (χ3v) is 3.71. The Labute approximate surface area is 121 Å². The zero-order valence-corrected chi connectivity index (χ0v) is 11.9. The van der Waals surface area contributed by atoms with Crippen molar-refractivity contribution in [3.63, 3.8) is 0 Å². The van der Waals surface area contributed by atoms with E-state index in [1.54, 1.807) is 0 Å². The number of carboxylic acids is 1. The molecule has 1 aromatic rings. The van der Waals surface area contributed by atoms with Gasteiger partial charge in [-0.15, -0.1) is 0 Å². The molecule has 1 fully saturated rings. The number of rotatable bonds is 2. The molecule has 0 atom stereocenters. The van der Waals surface area contributed by atoms with Crippen LogP contribution >= 0.6 is 0 Å². The zero-order valence-electron chi connectivity index (χ0n) is 11.9. The largest absolute Gasteiger partial charge is 0.478 e. The van der Waals surface area contributed by atoms with Crippen molar-refractivity contribution in [2.45, 2.75) is 26.7 Å². The fourth-order valence-electron chi connectivity index (χ4n) is 2.67. The van der Waals surface area contributed by atoms with E-state index in [1.807, 2.05) is 13.8 Å². The maximum Gasteiger partial charge on any atom is 0.336 e. The van der Waals surface area contributed by atoms with E-state index in [1.165, 1.54) is 4.90 Å². The smallest absolute Gasteiger partial charge is 0.336 e. The van der Waals surface area contributed by atoms with Crippen LogP contribution in [0.25, 0.3) is 0 Å². The van der Waals surface area contributed by atoms with Crippen molar-refractivity contribution in [2.24, 2.45) is 5.41 Å². The molecule has 0 spiro atoms. The predicted molar refractivity (Wildman–Crippen MR) is 72.2 cm³/mol. The molecule has 1 aromatic carbocycles. The molecule has 0 radical (unpaired) electrons. The van der Waals surface area contributed by atoms with Crippen molar-refractivity contribution < 1.29 is 23.5 Å². The molecular formula is C15H17F2NO3. The Bertz CT molecular complexity index is 599. The van der Waals surface area contributed by atoms with Gasteiger partial charge < -0.3 is 10.0 Å². The molecule has 2 rings (SSSR count). The topological polar surface area (TPSA) is 57.6 Å². The van der Waals surface area contributed by atoms with Gasteiger partial charge in [-0.2, -0.15) is 0 Å². The minimum atomic E-state index is -1.45. The van der Waals surface area contributed by atoms with Gasteiger partial charge in [-0.1, -0.05) is 13.8 Å². The molecular weight excluding hydrogens is 280 g/mol. The van der Waals surface area contributed by atoms with Crippen LogP contribution in [0.4, 0.5) is 8.78 Å². The van der Waals surface area contributed by atoms with Crippen molar-refractivity contribution in [3.8, 4) is 0 Å². The van der Waals surface area contributed by atoms with E-state index < -0.39 is 29.1 Å². The summed E-state index contributed by atoms with van der Waals surface area (Å²) >= 11 is 0. The van der Waals surface area contributed by atoms with Crippen LogP contribution in [0.3, 0.4) is 0 Å². The lowest BCUT2D eigenvalue weighted by Crippen LogP contribution is -2.44. The Morgan fingerprint density at radius 2 is 1.76 bits per heavy atom. The van der Waals surface area contributed by atoms with Gasteiger partial charge in [0.25, 0.3) is 5.91 Å². The lowest BCUT2D eigenvalue weighted by atomic mass is 9.84. The van der Waals surface area contributed by atoms with Crippen LogP contribution in [0.2, 0.25) is 0 Å². The molecule has 6 heteroatoms. The quantitative estimate of drug-likeness (QED) is 0.913. The fraction of sp³-hybridized carbons (Fsp3) is 0.467. The molecule has 1 amide bonds. The molecule has 1 aliphatic rings. The summed E-state index contributed by atoms with van der Waals surface area (Å²) < 4.78 is 26.5. The molecule has 0 unspecified atom stereocenters. The third kappa shape index (κ3) is 3.20. The minimum absolute atomic E-state index is 0.0735. The van der Waals surface area contributed by atoms with Crippen molar-refractivity contribution in [2.75, 3.05) is 13.1 Å². The van der Waals surface area contributed by atoms with E-state index in [9.17, 15) is 18.4 Å². The molecule has 0 bridgehead atoms. The second-order valence-electron chi connectivity index (χ2n) is 6.11. The van der Waals surface area contributed by atoms with Crippen LogP contribution in [0.1, 0.15) is 47.4 Å². The van der Waals surface area contributed by atoms with Crippen LogP contribution < -0.4 is 0 Å². The third-order valence-electron chi connectivity index (χ3n) is 3.71. The normalized spacial score (nSPS) is 17.6. The first kappa shape index (κ1) is 15.4. The number of likely N-dealkylation sites (tertiary alicyclic amines) is 1. The number of nitrogens with zero attached hydrogens (tertiary/aromatic N) is 1. The average Bonchev–Trinajstić information content (AvgIpc) is 2.39. The number of carbonyl (C=O) groups is 2. The fourth-order valence-corrected chi connectivity index (χ4v) is 2.67. The van der Waals surface area contributed by atoms with E-state index in [2.05, 4.69) is 0 Å². The van der Waals surface area contributed by atoms with E-state index in [0.717, 1.165) is 12.8 Å². The Morgan fingerprint density at radius 1 is 1.19 bits per heavy atom. The summed E-state index contributed by atoms with van der Waals surface area (Å²) in [5.41, 5.74) is -0.892. The number of hydrogen-bond donors (Lipinski definition) is 1. The molecule has 1 heterocycles. The maximum absolute atomic E-state index is 13.4. The van der Waals surface area contributed by atoms with E-state index in [0.29, 0.717) is 25.2 Å². The number of piperidine rings is 1. The minimum Gasteiger partial charge on any atom is -0.478 e. The highest BCUT2D eigenvalue weighted by molar-refractivity contribution is 6.04. The van der Waals surface area contributed by atoms with Crippen molar-refractivity contribution in [1.29, 1.82) is 0 Å². The van der Waals surface area contributed by atoms with Gasteiger partial charge in [0.05, 0.1) is 11.1 Å². The van der Waals surface area contributed by atoms with Crippen LogP contribution in [-0.2, 0) is 0 Å². The Hall–Kier alpha value is -1.98. The summed E-state index contributed by atoms with van der Waals surface area (Å²) in [5, 5.41) is 9.07. The van der Waals surface area contributed by atoms with Crippen LogP contribution in [0.5, 0.6) is 0 Å². The van der Waals surface area contributed by atoms with Crippen LogP contribution in [-0.4, -0.2) is 35.0 Å². The molecule has 0 aliphatic carbocycles. The van der Waals surface area contributed by atoms with Gasteiger partial charge in [-0.3, -0.25) is 4.79 Å². The number of aromatic carboxylic acids is 1. The van der Waals surface area contributed by atoms with Crippen LogP contribution in [0.15, 0.2) is 12.1 Å². The summed E-state index contributed by atoms with van der Waals surface area (Å²) in [6.07, 6.45) is 1.76. The van der Waals surface area contributed by atoms with Gasteiger partial charge in [0, 0.05) is 13.1 Å². The molecule has 4 nitrogen and oxygen atoms in total. The van der Waals surface area contributed by atoms with Gasteiger partial charge in [0.15, 0.2) is 11.6 Å². The molecule has 0 aromatic heterocycles. The summed E-state index contributed by atoms with van der Waals surface area (Å²) in [5.74, 6) is -4.52. The standard InChI is InChI=1S/C15H17F2NO3/c1-15(2)4-3-5-18(8-15)13(19)9-6-11(16)12(17)7-10(9)14(20)21/h6-7H,3-5,8H2,1-2H3,(H,20,21). The van der Waals surface area contributed by atoms with Gasteiger partial charge in [0.2, 0.25) is 0 Å². The summed E-state index contributed by atoms with van der Waals surface area (Å²) in [6.45, 7) is 4.97. The van der Waals surface area contributed by atoms with Crippen molar-refractivity contribution >= 4 is 11.9 Å². The number of halogens is 2. The Kier molecular flexibility index (Phi) is 3.98. The molecule has 1 aliphatic heterocycles. The number of benzene rings is 1. The maximum atomic E-state index is 13.4. The van der Waals surface area contributed by atoms with Gasteiger partial charge in [-0.25, -0.2) is 13.6 Å². The van der Waals surface area contributed by atoms with E-state index >= 15 is 0 Å². The predicted octanol–water partition coefficient (Wildman–Crippen LogP) is 2.93. The number of carbonyl (C=O) groups excluding carboxylic acids is 1. The first-order valence-corrected chi connectivity index (χ1v) is 6.73. The highest BCUT2D eigenvalue weighted by atomic mass is 19.2. The number of amides is 1. The first-order chi connectivity index (χ1) is 9.71. The van der Waals surface area contributed by atoms with E-state index in [-0.39, 0.29) is 11.0 Å². The van der Waals surface area contributed by atoms with E-state index in [4.69, 9.17) is 5.11 Å². The Morgan fingerprint density at radius 3 is 2.29 bits per heavy atom. The molecule has 1 N–H and O–H groups in total. The monoisotopic (exact) mass is 297 g/mol.